The first-order chi connectivity index (χ1) is 11.7. The summed E-state index contributed by atoms with van der Waals surface area (Å²) in [4.78, 5) is 25.3. The van der Waals surface area contributed by atoms with Crippen molar-refractivity contribution in [2.45, 2.75) is 0 Å². The summed E-state index contributed by atoms with van der Waals surface area (Å²) in [6, 6.07) is 8.76. The number of benzene rings is 1. The van der Waals surface area contributed by atoms with Gasteiger partial charge in [0, 0.05) is 37.8 Å². The average molecular weight is 327 g/mol. The average Bonchev–Trinajstić information content (AvgIpc) is 2.62. The summed E-state index contributed by atoms with van der Waals surface area (Å²) in [7, 11) is 3.70. The number of hydrogen-bond donors (Lipinski definition) is 1. The quantitative estimate of drug-likeness (QED) is 0.917. The number of nitrogens with zero attached hydrogens (tertiary/aromatic N) is 4. The van der Waals surface area contributed by atoms with E-state index in [1.165, 1.54) is 6.33 Å². The zero-order valence-electron chi connectivity index (χ0n) is 13.9. The minimum atomic E-state index is -0.208. The number of methoxy groups -OCH3 is 1. The monoisotopic (exact) mass is 327 g/mol. The van der Waals surface area contributed by atoms with Gasteiger partial charge in [0.25, 0.3) is 5.91 Å². The number of ether oxygens (including phenoxy) is 1. The molecule has 7 heteroatoms. The third-order valence-electron chi connectivity index (χ3n) is 4.07. The fourth-order valence-corrected chi connectivity index (χ4v) is 2.55. The van der Waals surface area contributed by atoms with Crippen LogP contribution in [-0.2, 0) is 0 Å². The molecule has 1 aliphatic heterocycles. The molecule has 0 atom stereocenters. The van der Waals surface area contributed by atoms with E-state index in [1.807, 2.05) is 6.07 Å². The van der Waals surface area contributed by atoms with Gasteiger partial charge in [-0.1, -0.05) is 0 Å². The highest BCUT2D eigenvalue weighted by atomic mass is 16.5. The Kier molecular flexibility index (Phi) is 4.90. The number of carbonyl (C=O) groups excluding carboxylic acids is 1. The molecule has 1 aromatic heterocycles. The summed E-state index contributed by atoms with van der Waals surface area (Å²) >= 11 is 0. The van der Waals surface area contributed by atoms with Crippen molar-refractivity contribution in [1.29, 1.82) is 0 Å². The van der Waals surface area contributed by atoms with Gasteiger partial charge in [-0.05, 0) is 31.3 Å². The topological polar surface area (TPSA) is 70.6 Å². The predicted molar refractivity (Wildman–Crippen MR) is 92.7 cm³/mol. The first-order valence-corrected chi connectivity index (χ1v) is 7.86. The van der Waals surface area contributed by atoms with Crippen LogP contribution in [0.4, 0.5) is 11.6 Å². The summed E-state index contributed by atoms with van der Waals surface area (Å²) < 4.78 is 5.10. The van der Waals surface area contributed by atoms with Crippen LogP contribution in [0.1, 0.15) is 10.4 Å². The van der Waals surface area contributed by atoms with Gasteiger partial charge in [0.1, 0.15) is 23.7 Å². The van der Waals surface area contributed by atoms with Gasteiger partial charge in [-0.15, -0.1) is 0 Å². The van der Waals surface area contributed by atoms with Gasteiger partial charge in [0.15, 0.2) is 0 Å². The molecule has 1 fully saturated rings. The lowest BCUT2D eigenvalue weighted by molar-refractivity contribution is 0.102. The van der Waals surface area contributed by atoms with E-state index in [0.29, 0.717) is 17.1 Å². The molecule has 0 radical (unpaired) electrons. The second kappa shape index (κ2) is 7.27. The smallest absolute Gasteiger partial charge is 0.256 e. The number of rotatable bonds is 4. The molecule has 126 valence electrons. The highest BCUT2D eigenvalue weighted by Crippen LogP contribution is 2.17. The van der Waals surface area contributed by atoms with E-state index in [2.05, 4.69) is 32.1 Å². The van der Waals surface area contributed by atoms with Crippen LogP contribution in [0.15, 0.2) is 36.7 Å². The van der Waals surface area contributed by atoms with E-state index in [-0.39, 0.29) is 5.91 Å². The molecule has 1 amide bonds. The fourth-order valence-electron chi connectivity index (χ4n) is 2.55. The molecule has 0 saturated carbocycles. The van der Waals surface area contributed by atoms with Gasteiger partial charge in [-0.25, -0.2) is 9.97 Å². The molecule has 1 saturated heterocycles. The number of nitrogens with one attached hydrogen (secondary N) is 1. The molecule has 7 nitrogen and oxygen atoms in total. The third-order valence-corrected chi connectivity index (χ3v) is 4.07. The molecule has 2 aromatic rings. The van der Waals surface area contributed by atoms with E-state index in [0.717, 1.165) is 32.0 Å². The van der Waals surface area contributed by atoms with Crippen molar-refractivity contribution in [3.8, 4) is 5.75 Å². The van der Waals surface area contributed by atoms with Gasteiger partial charge in [-0.3, -0.25) is 4.79 Å². The Bertz CT molecular complexity index is 696. The van der Waals surface area contributed by atoms with Crippen molar-refractivity contribution >= 4 is 17.5 Å². The summed E-state index contributed by atoms with van der Waals surface area (Å²) in [5.74, 6) is 1.84. The molecular formula is C17H21N5O2. The van der Waals surface area contributed by atoms with Crippen LogP contribution >= 0.6 is 0 Å². The fraction of sp³-hybridized carbons (Fsp3) is 0.353. The molecule has 2 heterocycles. The van der Waals surface area contributed by atoms with E-state index < -0.39 is 0 Å². The predicted octanol–water partition coefficient (Wildman–Crippen LogP) is 1.49. The number of hydrogen-bond acceptors (Lipinski definition) is 6. The molecular weight excluding hydrogens is 306 g/mol. The Hall–Kier alpha value is -2.67. The number of piperazine rings is 1. The molecule has 1 N–H and O–H groups in total. The SMILES string of the molecule is COc1ccc(C(=O)Nc2cc(N3CCN(C)CC3)ncn2)cc1. The van der Waals surface area contributed by atoms with Crippen molar-refractivity contribution in [2.24, 2.45) is 0 Å². The largest absolute Gasteiger partial charge is 0.497 e. The molecule has 0 aliphatic carbocycles. The molecule has 1 aromatic carbocycles. The Balaban J connectivity index is 1.68. The number of carbonyl (C=O) groups is 1. The van der Waals surface area contributed by atoms with Crippen LogP contribution in [0.2, 0.25) is 0 Å². The minimum Gasteiger partial charge on any atom is -0.497 e. The van der Waals surface area contributed by atoms with Gasteiger partial charge in [0.05, 0.1) is 7.11 Å². The molecule has 3 rings (SSSR count). The molecule has 1 aliphatic rings. The Morgan fingerprint density at radius 2 is 1.83 bits per heavy atom. The van der Waals surface area contributed by atoms with E-state index in [9.17, 15) is 4.79 Å². The zero-order chi connectivity index (χ0) is 16.9. The first kappa shape index (κ1) is 16.2. The van der Waals surface area contributed by atoms with Crippen LogP contribution in [0.25, 0.3) is 0 Å². The molecule has 0 unspecified atom stereocenters. The van der Waals surface area contributed by atoms with E-state index >= 15 is 0 Å². The lowest BCUT2D eigenvalue weighted by atomic mass is 10.2. The highest BCUT2D eigenvalue weighted by molar-refractivity contribution is 6.03. The first-order valence-electron chi connectivity index (χ1n) is 7.86. The van der Waals surface area contributed by atoms with Crippen molar-refractivity contribution in [3.63, 3.8) is 0 Å². The normalized spacial score (nSPS) is 15.2. The summed E-state index contributed by atoms with van der Waals surface area (Å²) in [5.41, 5.74) is 0.551. The van der Waals surface area contributed by atoms with Gasteiger partial charge in [0.2, 0.25) is 0 Å². The van der Waals surface area contributed by atoms with Gasteiger partial charge < -0.3 is 19.9 Å². The van der Waals surface area contributed by atoms with Crippen molar-refractivity contribution in [3.05, 3.63) is 42.2 Å². The molecule has 24 heavy (non-hydrogen) atoms. The Morgan fingerprint density at radius 3 is 2.50 bits per heavy atom. The van der Waals surface area contributed by atoms with Crippen molar-refractivity contribution in [1.82, 2.24) is 14.9 Å². The number of likely N-dealkylation sites (N-methyl/N-ethyl adjacent to an activating group) is 1. The van der Waals surface area contributed by atoms with Crippen molar-refractivity contribution < 1.29 is 9.53 Å². The molecule has 0 bridgehead atoms. The lowest BCUT2D eigenvalue weighted by Gasteiger charge is -2.33. The maximum absolute atomic E-state index is 12.3. The van der Waals surface area contributed by atoms with Gasteiger partial charge in [-0.2, -0.15) is 0 Å². The third kappa shape index (κ3) is 3.80. The van der Waals surface area contributed by atoms with Crippen LogP contribution in [0.3, 0.4) is 0 Å². The summed E-state index contributed by atoms with van der Waals surface area (Å²) in [5, 5.41) is 2.82. The lowest BCUT2D eigenvalue weighted by Crippen LogP contribution is -2.44. The van der Waals surface area contributed by atoms with Crippen LogP contribution < -0.4 is 15.0 Å². The second-order valence-corrected chi connectivity index (χ2v) is 5.73. The summed E-state index contributed by atoms with van der Waals surface area (Å²) in [6.45, 7) is 3.83. The van der Waals surface area contributed by atoms with Gasteiger partial charge >= 0.3 is 0 Å². The van der Waals surface area contributed by atoms with E-state index in [1.54, 1.807) is 31.4 Å². The second-order valence-electron chi connectivity index (χ2n) is 5.73. The zero-order valence-corrected chi connectivity index (χ0v) is 13.9. The van der Waals surface area contributed by atoms with Crippen LogP contribution in [0, 0.1) is 0 Å². The minimum absolute atomic E-state index is 0.208. The van der Waals surface area contributed by atoms with Crippen molar-refractivity contribution in [2.75, 3.05) is 50.6 Å². The van der Waals surface area contributed by atoms with Crippen LogP contribution in [-0.4, -0.2) is 61.1 Å². The number of anilines is 2. The Morgan fingerprint density at radius 1 is 1.12 bits per heavy atom. The summed E-state index contributed by atoms with van der Waals surface area (Å²) in [6.07, 6.45) is 1.48. The maximum Gasteiger partial charge on any atom is 0.256 e. The number of amides is 1. The number of aromatic nitrogens is 2. The molecule has 0 spiro atoms. The standard InChI is InChI=1S/C17H21N5O2/c1-21-7-9-22(10-8-21)16-11-15(18-12-19-16)20-17(23)13-3-5-14(24-2)6-4-13/h3-6,11-12H,7-10H2,1-2H3,(H,18,19,20,23). The van der Waals surface area contributed by atoms with Crippen LogP contribution in [0.5, 0.6) is 5.75 Å². The van der Waals surface area contributed by atoms with E-state index in [4.69, 9.17) is 4.74 Å². The highest BCUT2D eigenvalue weighted by Gasteiger charge is 2.16. The Labute approximate surface area is 141 Å². The maximum atomic E-state index is 12.3.